The molecule has 4 atom stereocenters. The zero-order chi connectivity index (χ0) is 17.7. The van der Waals surface area contributed by atoms with Crippen LogP contribution in [0.3, 0.4) is 0 Å². The first-order chi connectivity index (χ1) is 11.4. The van der Waals surface area contributed by atoms with E-state index >= 15 is 0 Å². The lowest BCUT2D eigenvalue weighted by Gasteiger charge is -2.38. The molecular weight excluding hydrogens is 429 g/mol. The van der Waals surface area contributed by atoms with E-state index in [0.717, 1.165) is 45.4 Å². The number of halogens is 1. The van der Waals surface area contributed by atoms with E-state index in [1.807, 2.05) is 7.05 Å². The normalized spacial score (nSPS) is 30.2. The van der Waals surface area contributed by atoms with E-state index in [4.69, 9.17) is 4.74 Å². The SMILES string of the molecule is CN=C(NCC(C)N1CCOCC1C)NC1CN(C(C)C)CC1C.I. The number of guanidine groups is 1. The topological polar surface area (TPSA) is 52.1 Å². The number of ether oxygens (including phenoxy) is 1. The first-order valence-electron chi connectivity index (χ1n) is 9.47. The second-order valence-corrected chi connectivity index (χ2v) is 7.74. The van der Waals surface area contributed by atoms with Gasteiger partial charge < -0.3 is 15.4 Å². The minimum Gasteiger partial charge on any atom is -0.379 e. The Hall–Kier alpha value is -0.120. The molecule has 0 spiro atoms. The predicted molar refractivity (Wildman–Crippen MR) is 116 cm³/mol. The number of nitrogens with one attached hydrogen (secondary N) is 2. The van der Waals surface area contributed by atoms with Crippen LogP contribution in [0.15, 0.2) is 4.99 Å². The van der Waals surface area contributed by atoms with Gasteiger partial charge >= 0.3 is 0 Å². The van der Waals surface area contributed by atoms with Gasteiger partial charge in [0.1, 0.15) is 0 Å². The minimum absolute atomic E-state index is 0. The molecular formula is C18H38IN5O. The summed E-state index contributed by atoms with van der Waals surface area (Å²) in [5.74, 6) is 1.56. The van der Waals surface area contributed by atoms with Gasteiger partial charge in [0.15, 0.2) is 5.96 Å². The van der Waals surface area contributed by atoms with Crippen LogP contribution >= 0.6 is 24.0 Å². The van der Waals surface area contributed by atoms with Crippen LogP contribution in [0.4, 0.5) is 0 Å². The summed E-state index contributed by atoms with van der Waals surface area (Å²) < 4.78 is 5.54. The highest BCUT2D eigenvalue weighted by Gasteiger charge is 2.31. The molecule has 7 heteroatoms. The Morgan fingerprint density at radius 2 is 1.96 bits per heavy atom. The van der Waals surface area contributed by atoms with Crippen molar-refractivity contribution in [2.75, 3.05) is 46.4 Å². The van der Waals surface area contributed by atoms with Crippen LogP contribution < -0.4 is 10.6 Å². The summed E-state index contributed by atoms with van der Waals surface area (Å²) in [7, 11) is 1.86. The maximum absolute atomic E-state index is 5.54. The van der Waals surface area contributed by atoms with Crippen molar-refractivity contribution in [2.45, 2.75) is 58.8 Å². The third-order valence-electron chi connectivity index (χ3n) is 5.47. The molecule has 0 aromatic rings. The van der Waals surface area contributed by atoms with Crippen LogP contribution in [0.2, 0.25) is 0 Å². The summed E-state index contributed by atoms with van der Waals surface area (Å²) in [5, 5.41) is 7.14. The number of hydrogen-bond acceptors (Lipinski definition) is 4. The molecule has 2 rings (SSSR count). The van der Waals surface area contributed by atoms with Gasteiger partial charge in [-0.25, -0.2) is 0 Å². The molecule has 0 aliphatic carbocycles. The van der Waals surface area contributed by atoms with Crippen molar-refractivity contribution in [1.82, 2.24) is 20.4 Å². The minimum atomic E-state index is 0. The molecule has 0 aromatic carbocycles. The molecule has 2 aliphatic heterocycles. The second kappa shape index (κ2) is 10.9. The number of hydrogen-bond donors (Lipinski definition) is 2. The van der Waals surface area contributed by atoms with Crippen molar-refractivity contribution < 1.29 is 4.74 Å². The van der Waals surface area contributed by atoms with Gasteiger partial charge in [0.2, 0.25) is 0 Å². The van der Waals surface area contributed by atoms with E-state index in [-0.39, 0.29) is 24.0 Å². The molecule has 0 amide bonds. The highest BCUT2D eigenvalue weighted by atomic mass is 127. The van der Waals surface area contributed by atoms with Crippen molar-refractivity contribution in [3.8, 4) is 0 Å². The predicted octanol–water partition coefficient (Wildman–Crippen LogP) is 1.61. The molecule has 148 valence electrons. The average molecular weight is 467 g/mol. The van der Waals surface area contributed by atoms with Crippen LogP contribution in [0.5, 0.6) is 0 Å². The molecule has 0 saturated carbocycles. The van der Waals surface area contributed by atoms with Gasteiger partial charge in [0.25, 0.3) is 0 Å². The van der Waals surface area contributed by atoms with E-state index in [1.165, 1.54) is 0 Å². The molecule has 2 aliphatic rings. The summed E-state index contributed by atoms with van der Waals surface area (Å²) >= 11 is 0. The van der Waals surface area contributed by atoms with E-state index in [2.05, 4.69) is 60.0 Å². The Bertz CT molecular complexity index is 420. The fourth-order valence-electron chi connectivity index (χ4n) is 3.74. The smallest absolute Gasteiger partial charge is 0.191 e. The maximum Gasteiger partial charge on any atom is 0.191 e. The molecule has 2 N–H and O–H groups in total. The quantitative estimate of drug-likeness (QED) is 0.366. The fraction of sp³-hybridized carbons (Fsp3) is 0.944. The zero-order valence-corrected chi connectivity index (χ0v) is 19.1. The van der Waals surface area contributed by atoms with Crippen molar-refractivity contribution >= 4 is 29.9 Å². The van der Waals surface area contributed by atoms with Gasteiger partial charge in [0, 0.05) is 57.4 Å². The standard InChI is InChI=1S/C18H37N5O.HI/c1-13(2)22-10-14(3)17(11-22)21-18(19-6)20-9-15(4)23-7-8-24-12-16(23)5;/h13-17H,7-12H2,1-6H3,(H2,19,20,21);1H. The van der Waals surface area contributed by atoms with Gasteiger partial charge in [-0.2, -0.15) is 0 Å². The van der Waals surface area contributed by atoms with Gasteiger partial charge in [-0.1, -0.05) is 6.92 Å². The van der Waals surface area contributed by atoms with Gasteiger partial charge in [-0.05, 0) is 33.6 Å². The molecule has 2 saturated heterocycles. The molecule has 2 heterocycles. The molecule has 25 heavy (non-hydrogen) atoms. The van der Waals surface area contributed by atoms with E-state index < -0.39 is 0 Å². The first-order valence-corrected chi connectivity index (χ1v) is 9.47. The van der Waals surface area contributed by atoms with Crippen LogP contribution in [0, 0.1) is 5.92 Å². The molecule has 2 fully saturated rings. The lowest BCUT2D eigenvalue weighted by Crippen LogP contribution is -2.54. The Balaban J connectivity index is 0.00000312. The lowest BCUT2D eigenvalue weighted by molar-refractivity contribution is -0.0174. The number of nitrogens with zero attached hydrogens (tertiary/aromatic N) is 3. The first kappa shape index (κ1) is 22.9. The summed E-state index contributed by atoms with van der Waals surface area (Å²) in [4.78, 5) is 9.48. The number of morpholine rings is 1. The third-order valence-corrected chi connectivity index (χ3v) is 5.47. The van der Waals surface area contributed by atoms with Crippen LogP contribution in [-0.4, -0.2) is 86.4 Å². The van der Waals surface area contributed by atoms with E-state index in [0.29, 0.717) is 30.1 Å². The van der Waals surface area contributed by atoms with Gasteiger partial charge in [-0.3, -0.25) is 14.8 Å². The maximum atomic E-state index is 5.54. The van der Waals surface area contributed by atoms with Crippen molar-refractivity contribution in [3.05, 3.63) is 0 Å². The largest absolute Gasteiger partial charge is 0.379 e. The van der Waals surface area contributed by atoms with Crippen LogP contribution in [0.25, 0.3) is 0 Å². The summed E-state index contributed by atoms with van der Waals surface area (Å²) in [6.07, 6.45) is 0. The monoisotopic (exact) mass is 467 g/mol. The van der Waals surface area contributed by atoms with Gasteiger partial charge in [0.05, 0.1) is 13.2 Å². The Morgan fingerprint density at radius 1 is 1.24 bits per heavy atom. The number of likely N-dealkylation sites (tertiary alicyclic amines) is 1. The number of rotatable bonds is 5. The van der Waals surface area contributed by atoms with Crippen molar-refractivity contribution in [1.29, 1.82) is 0 Å². The Morgan fingerprint density at radius 3 is 2.52 bits per heavy atom. The van der Waals surface area contributed by atoms with Crippen LogP contribution in [0.1, 0.15) is 34.6 Å². The summed E-state index contributed by atoms with van der Waals surface area (Å²) in [5.41, 5.74) is 0. The zero-order valence-electron chi connectivity index (χ0n) is 16.8. The molecule has 6 nitrogen and oxygen atoms in total. The average Bonchev–Trinajstić information content (AvgIpc) is 2.92. The summed E-state index contributed by atoms with van der Waals surface area (Å²) in [6.45, 7) is 17.2. The highest BCUT2D eigenvalue weighted by molar-refractivity contribution is 14.0. The fourth-order valence-corrected chi connectivity index (χ4v) is 3.74. The Kier molecular flexibility index (Phi) is 9.98. The third kappa shape index (κ3) is 6.52. The molecule has 0 bridgehead atoms. The van der Waals surface area contributed by atoms with Crippen molar-refractivity contribution in [3.63, 3.8) is 0 Å². The van der Waals surface area contributed by atoms with E-state index in [9.17, 15) is 0 Å². The lowest BCUT2D eigenvalue weighted by atomic mass is 10.1. The summed E-state index contributed by atoms with van der Waals surface area (Å²) in [6, 6.07) is 2.03. The molecule has 4 unspecified atom stereocenters. The number of aliphatic imine (C=N–C) groups is 1. The van der Waals surface area contributed by atoms with Gasteiger partial charge in [-0.15, -0.1) is 24.0 Å². The van der Waals surface area contributed by atoms with Crippen molar-refractivity contribution in [2.24, 2.45) is 10.9 Å². The van der Waals surface area contributed by atoms with E-state index in [1.54, 1.807) is 0 Å². The second-order valence-electron chi connectivity index (χ2n) is 7.74. The van der Waals surface area contributed by atoms with Crippen LogP contribution in [-0.2, 0) is 4.74 Å². The highest BCUT2D eigenvalue weighted by Crippen LogP contribution is 2.18. The molecule has 0 aromatic heterocycles. The Labute approximate surface area is 171 Å². The molecule has 0 radical (unpaired) electrons.